The summed E-state index contributed by atoms with van der Waals surface area (Å²) in [7, 11) is 0. The van der Waals surface area contributed by atoms with E-state index >= 15 is 0 Å². The van der Waals surface area contributed by atoms with Crippen molar-refractivity contribution < 1.29 is 4.79 Å². The van der Waals surface area contributed by atoms with Gasteiger partial charge in [-0.3, -0.25) is 9.78 Å². The number of halogens is 2. The molecule has 2 aliphatic heterocycles. The summed E-state index contributed by atoms with van der Waals surface area (Å²) in [5, 5.41) is 2.14. The first-order valence-electron chi connectivity index (χ1n) is 14.1. The molecule has 1 atom stereocenters. The lowest BCUT2D eigenvalue weighted by molar-refractivity contribution is -0.133. The van der Waals surface area contributed by atoms with Crippen molar-refractivity contribution in [2.24, 2.45) is 11.8 Å². The van der Waals surface area contributed by atoms with Gasteiger partial charge in [-0.2, -0.15) is 0 Å². The molecule has 1 aliphatic carbocycles. The van der Waals surface area contributed by atoms with Gasteiger partial charge in [0, 0.05) is 53.7 Å². The Hall–Kier alpha value is -1.19. The number of amides is 1. The highest BCUT2D eigenvalue weighted by Crippen LogP contribution is 2.46. The van der Waals surface area contributed by atoms with Crippen LogP contribution in [0.4, 0.5) is 0 Å². The summed E-state index contributed by atoms with van der Waals surface area (Å²) in [5.74, 6) is 1.62. The van der Waals surface area contributed by atoms with Crippen molar-refractivity contribution in [3.8, 4) is 0 Å². The fourth-order valence-corrected chi connectivity index (χ4v) is 9.85. The Kier molecular flexibility index (Phi) is 8.86. The fourth-order valence-electron chi connectivity index (χ4n) is 6.72. The predicted molar refractivity (Wildman–Crippen MR) is 168 cm³/mol. The second-order valence-corrected chi connectivity index (χ2v) is 15.4. The minimum Gasteiger partial charge on any atom is -0.343 e. The zero-order chi connectivity index (χ0) is 26.9. The van der Waals surface area contributed by atoms with Gasteiger partial charge in [0.1, 0.15) is 0 Å². The van der Waals surface area contributed by atoms with Crippen LogP contribution in [0, 0.1) is 18.8 Å². The van der Waals surface area contributed by atoms with E-state index in [9.17, 15) is 4.79 Å². The highest BCUT2D eigenvalue weighted by molar-refractivity contribution is 9.10. The average Bonchev–Trinajstić information content (AvgIpc) is 3.38. The van der Waals surface area contributed by atoms with E-state index in [-0.39, 0.29) is 5.92 Å². The van der Waals surface area contributed by atoms with Crippen molar-refractivity contribution in [2.75, 3.05) is 26.2 Å². The fraction of sp³-hybridized carbons (Fsp3) is 0.484. The molecule has 0 bridgehead atoms. The van der Waals surface area contributed by atoms with Gasteiger partial charge in [-0.05, 0) is 131 Å². The summed E-state index contributed by atoms with van der Waals surface area (Å²) < 4.78 is 6.09. The summed E-state index contributed by atoms with van der Waals surface area (Å²) in [4.78, 5) is 20.5. The van der Waals surface area contributed by atoms with Gasteiger partial charge in [0.15, 0.2) is 0 Å². The van der Waals surface area contributed by atoms with E-state index in [4.69, 9.17) is 4.98 Å². The highest BCUT2D eigenvalue weighted by atomic mass is 79.9. The molecule has 4 nitrogen and oxygen atoms in total. The van der Waals surface area contributed by atoms with Crippen LogP contribution in [0.2, 0.25) is 0 Å². The number of thiophene rings is 1. The number of likely N-dealkylation sites (tertiary alicyclic amines) is 1. The Bertz CT molecular complexity index is 1320. The van der Waals surface area contributed by atoms with E-state index in [0.29, 0.717) is 24.2 Å². The Morgan fingerprint density at radius 2 is 1.82 bits per heavy atom. The zero-order valence-electron chi connectivity index (χ0n) is 22.4. The van der Waals surface area contributed by atoms with E-state index in [0.717, 1.165) is 69.2 Å². The van der Waals surface area contributed by atoms with Gasteiger partial charge in [0.05, 0.1) is 9.90 Å². The van der Waals surface area contributed by atoms with Crippen LogP contribution in [0.3, 0.4) is 0 Å². The summed E-state index contributed by atoms with van der Waals surface area (Å²) in [6, 6.07) is 11.2. The molecule has 4 heterocycles. The smallest absolute Gasteiger partial charge is 0.222 e. The number of fused-ring (bicyclic) bond motifs is 2. The van der Waals surface area contributed by atoms with Gasteiger partial charge in [-0.25, -0.2) is 4.31 Å². The van der Waals surface area contributed by atoms with Crippen LogP contribution in [0.25, 0.3) is 0 Å². The maximum absolute atomic E-state index is 13.4. The number of hydrogen-bond donors (Lipinski definition) is 0. The maximum atomic E-state index is 13.4. The normalized spacial score (nSPS) is 20.9. The largest absolute Gasteiger partial charge is 0.343 e. The number of carbonyl (C=O) groups is 1. The molecule has 206 valence electrons. The van der Waals surface area contributed by atoms with Crippen LogP contribution in [0.5, 0.6) is 0 Å². The zero-order valence-corrected chi connectivity index (χ0v) is 27.2. The third kappa shape index (κ3) is 6.35. The molecular weight excluding hydrogens is 654 g/mol. The molecule has 3 aliphatic rings. The quantitative estimate of drug-likeness (QED) is 0.253. The number of nitrogens with zero attached hydrogens (tertiary/aromatic N) is 3. The predicted octanol–water partition coefficient (Wildman–Crippen LogP) is 8.26. The van der Waals surface area contributed by atoms with Crippen molar-refractivity contribution in [3.63, 3.8) is 0 Å². The van der Waals surface area contributed by atoms with Crippen molar-refractivity contribution in [3.05, 3.63) is 78.8 Å². The number of hydrogen-bond acceptors (Lipinski definition) is 5. The number of pyridine rings is 1. The minimum absolute atomic E-state index is 0.267. The van der Waals surface area contributed by atoms with Crippen LogP contribution in [-0.4, -0.2) is 46.3 Å². The number of piperidine rings is 2. The molecule has 39 heavy (non-hydrogen) atoms. The van der Waals surface area contributed by atoms with Crippen molar-refractivity contribution in [1.82, 2.24) is 14.2 Å². The molecular formula is C31H35Br2N3OS2. The Morgan fingerprint density at radius 3 is 2.56 bits per heavy atom. The molecule has 6 rings (SSSR count). The van der Waals surface area contributed by atoms with Gasteiger partial charge in [-0.1, -0.05) is 28.1 Å². The van der Waals surface area contributed by atoms with Crippen LogP contribution in [-0.2, 0) is 17.6 Å². The number of carbonyl (C=O) groups excluding carboxylic acids is 1. The Labute approximate surface area is 257 Å². The summed E-state index contributed by atoms with van der Waals surface area (Å²) in [5.41, 5.74) is 6.76. The van der Waals surface area contributed by atoms with Gasteiger partial charge < -0.3 is 4.90 Å². The second-order valence-electron chi connectivity index (χ2n) is 11.3. The van der Waals surface area contributed by atoms with E-state index in [1.54, 1.807) is 11.3 Å². The molecule has 0 saturated carbocycles. The van der Waals surface area contributed by atoms with Gasteiger partial charge in [-0.15, -0.1) is 11.3 Å². The van der Waals surface area contributed by atoms with Crippen LogP contribution >= 0.6 is 55.1 Å². The van der Waals surface area contributed by atoms with Crippen molar-refractivity contribution in [1.29, 1.82) is 0 Å². The first-order valence-corrected chi connectivity index (χ1v) is 17.4. The van der Waals surface area contributed by atoms with Crippen LogP contribution in [0.1, 0.15) is 66.0 Å². The van der Waals surface area contributed by atoms with Gasteiger partial charge in [0.2, 0.25) is 5.91 Å². The number of rotatable bonds is 5. The molecule has 2 saturated heterocycles. The van der Waals surface area contributed by atoms with E-state index < -0.39 is 0 Å². The van der Waals surface area contributed by atoms with Crippen LogP contribution < -0.4 is 0 Å². The molecule has 2 fully saturated rings. The summed E-state index contributed by atoms with van der Waals surface area (Å²) in [6.07, 6.45) is 9.02. The third-order valence-corrected chi connectivity index (χ3v) is 11.9. The molecule has 2 aromatic heterocycles. The maximum Gasteiger partial charge on any atom is 0.222 e. The summed E-state index contributed by atoms with van der Waals surface area (Å²) in [6.45, 7) is 6.04. The summed E-state index contributed by atoms with van der Waals surface area (Å²) >= 11 is 11.3. The number of benzene rings is 1. The lowest BCUT2D eigenvalue weighted by Gasteiger charge is -2.38. The second kappa shape index (κ2) is 12.4. The first-order chi connectivity index (χ1) is 18.9. The molecule has 8 heteroatoms. The van der Waals surface area contributed by atoms with E-state index in [1.165, 1.54) is 36.6 Å². The Balaban J connectivity index is 1.10. The molecule has 3 aromatic rings. The minimum atomic E-state index is 0.267. The van der Waals surface area contributed by atoms with Crippen molar-refractivity contribution >= 4 is 61.1 Å². The third-order valence-electron chi connectivity index (χ3n) is 8.71. The SMILES string of the molecule is Cc1cc(Br)c2c(c1)CCc1cc(Br)cnc1C2C1CCN(C(=O)CC2CCN(Sc3cccs3)CC2)CC1. The van der Waals surface area contributed by atoms with Crippen molar-refractivity contribution in [2.45, 2.75) is 62.0 Å². The first kappa shape index (κ1) is 28.0. The van der Waals surface area contributed by atoms with Gasteiger partial charge >= 0.3 is 0 Å². The standard InChI is InChI=1S/C31H35Br2N3OS2/c1-20-15-23-4-5-24-18-25(32)19-34-31(24)30(29(23)26(33)16-20)22-8-10-35(11-9-22)27(37)17-21-6-12-36(13-7-21)39-28-3-2-14-38-28/h2-3,14-16,18-19,21-22,30H,4-13,17H2,1H3. The lowest BCUT2D eigenvalue weighted by atomic mass is 9.76. The lowest BCUT2D eigenvalue weighted by Crippen LogP contribution is -2.41. The van der Waals surface area contributed by atoms with Crippen LogP contribution in [0.15, 0.2) is 55.1 Å². The average molecular weight is 690 g/mol. The molecule has 1 amide bonds. The monoisotopic (exact) mass is 687 g/mol. The molecule has 1 aromatic carbocycles. The van der Waals surface area contributed by atoms with E-state index in [1.807, 2.05) is 18.1 Å². The molecule has 1 unspecified atom stereocenters. The Morgan fingerprint density at radius 1 is 1.05 bits per heavy atom. The highest BCUT2D eigenvalue weighted by Gasteiger charge is 2.36. The topological polar surface area (TPSA) is 36.4 Å². The molecule has 0 spiro atoms. The molecule has 0 N–H and O–H groups in total. The van der Waals surface area contributed by atoms with E-state index in [2.05, 4.69) is 83.7 Å². The number of aromatic nitrogens is 1. The molecule has 0 radical (unpaired) electrons. The van der Waals surface area contributed by atoms with Gasteiger partial charge in [0.25, 0.3) is 0 Å². The number of aryl methyl sites for hydroxylation is 3.